The van der Waals surface area contributed by atoms with E-state index in [1.165, 1.54) is 0 Å². The third-order valence-corrected chi connectivity index (χ3v) is 2.56. The lowest BCUT2D eigenvalue weighted by molar-refractivity contribution is -0.882. The van der Waals surface area contributed by atoms with E-state index < -0.39 is 0 Å². The molecule has 0 N–H and O–H groups in total. The molecule has 1 heteroatoms. The summed E-state index contributed by atoms with van der Waals surface area (Å²) in [4.78, 5) is 0. The van der Waals surface area contributed by atoms with E-state index in [4.69, 9.17) is 6.42 Å². The molecule has 0 aromatic heterocycles. The van der Waals surface area contributed by atoms with Gasteiger partial charge in [-0.25, -0.2) is 0 Å². The number of hydrogen-bond donors (Lipinski definition) is 0. The summed E-state index contributed by atoms with van der Waals surface area (Å²) in [6, 6.07) is 0. The van der Waals surface area contributed by atoms with Gasteiger partial charge in [0.05, 0.1) is 19.6 Å². The number of allylic oxidation sites excluding steroid dienone is 1. The fraction of sp³-hybridized carbons (Fsp3) is 0.600. The van der Waals surface area contributed by atoms with Crippen LogP contribution >= 0.6 is 0 Å². The van der Waals surface area contributed by atoms with Crippen molar-refractivity contribution in [1.29, 1.82) is 0 Å². The average Bonchev–Trinajstić information content (AvgIpc) is 2.08. The van der Waals surface area contributed by atoms with Crippen molar-refractivity contribution in [3.05, 3.63) is 12.3 Å². The van der Waals surface area contributed by atoms with Gasteiger partial charge < -0.3 is 0 Å². The number of terminal acetylenes is 1. The Balaban J connectivity index is 4.57. The van der Waals surface area contributed by atoms with Gasteiger partial charge in [0.2, 0.25) is 0 Å². The lowest BCUT2D eigenvalue weighted by Crippen LogP contribution is -2.45. The quantitative estimate of drug-likeness (QED) is 0.427. The highest BCUT2D eigenvalue weighted by atomic mass is 15.3. The monoisotopic (exact) mass is 152 g/mol. The molecule has 0 saturated heterocycles. The minimum Gasteiger partial charge on any atom is -0.285 e. The summed E-state index contributed by atoms with van der Waals surface area (Å²) in [5.74, 6) is 2.64. The van der Waals surface area contributed by atoms with Crippen LogP contribution in [-0.2, 0) is 0 Å². The fourth-order valence-electron chi connectivity index (χ4n) is 1.38. The topological polar surface area (TPSA) is 0 Å². The summed E-state index contributed by atoms with van der Waals surface area (Å²) < 4.78 is 0.858. The summed E-state index contributed by atoms with van der Waals surface area (Å²) in [5.41, 5.74) is 0.900. The van der Waals surface area contributed by atoms with Crippen LogP contribution < -0.4 is 0 Å². The van der Waals surface area contributed by atoms with E-state index in [0.29, 0.717) is 0 Å². The molecule has 0 aromatic rings. The van der Waals surface area contributed by atoms with Crippen LogP contribution in [0.2, 0.25) is 0 Å². The van der Waals surface area contributed by atoms with Gasteiger partial charge in [0.1, 0.15) is 0 Å². The molecular formula is C10H18N+. The van der Waals surface area contributed by atoms with E-state index in [0.717, 1.165) is 29.8 Å². The Morgan fingerprint density at radius 3 is 1.73 bits per heavy atom. The molecule has 0 saturated carbocycles. The minimum atomic E-state index is 0.858. The summed E-state index contributed by atoms with van der Waals surface area (Å²) in [7, 11) is 0. The molecule has 0 amide bonds. The molecule has 0 aliphatic carbocycles. The van der Waals surface area contributed by atoms with Crippen LogP contribution in [0.25, 0.3) is 0 Å². The first kappa shape index (κ1) is 10.3. The van der Waals surface area contributed by atoms with Gasteiger partial charge in [-0.2, -0.15) is 0 Å². The van der Waals surface area contributed by atoms with Crippen LogP contribution in [0.4, 0.5) is 0 Å². The Labute approximate surface area is 70.3 Å². The Bertz CT molecular complexity index is 162. The highest BCUT2D eigenvalue weighted by Crippen LogP contribution is 2.13. The zero-order chi connectivity index (χ0) is 8.91. The lowest BCUT2D eigenvalue weighted by Gasteiger charge is -2.34. The molecule has 0 atom stereocenters. The zero-order valence-electron chi connectivity index (χ0n) is 7.85. The number of quaternary nitrogens is 1. The SMILES string of the molecule is C#CC(=C)[N+](CC)(CC)CC. The molecule has 11 heavy (non-hydrogen) atoms. The molecule has 1 nitrogen and oxygen atoms in total. The Hall–Kier alpha value is -0.740. The third-order valence-electron chi connectivity index (χ3n) is 2.56. The number of hydrogen-bond acceptors (Lipinski definition) is 0. The molecule has 0 spiro atoms. The minimum absolute atomic E-state index is 0.858. The summed E-state index contributed by atoms with van der Waals surface area (Å²) in [5, 5.41) is 0. The molecular weight excluding hydrogens is 134 g/mol. The standard InChI is InChI=1S/C10H18N/c1-6-10(5)11(7-2,8-3)9-4/h1H,5,7-9H2,2-4H3/q+1. The van der Waals surface area contributed by atoms with E-state index in [1.54, 1.807) is 0 Å². The van der Waals surface area contributed by atoms with Crippen molar-refractivity contribution in [1.82, 2.24) is 0 Å². The molecule has 0 rings (SSSR count). The zero-order valence-corrected chi connectivity index (χ0v) is 7.85. The van der Waals surface area contributed by atoms with Gasteiger partial charge >= 0.3 is 0 Å². The highest BCUT2D eigenvalue weighted by Gasteiger charge is 2.23. The largest absolute Gasteiger partial charge is 0.285 e. The number of nitrogens with zero attached hydrogens (tertiary/aromatic N) is 1. The summed E-state index contributed by atoms with van der Waals surface area (Å²) >= 11 is 0. The number of rotatable bonds is 4. The molecule has 0 bridgehead atoms. The summed E-state index contributed by atoms with van der Waals surface area (Å²) in [6.07, 6.45) is 5.32. The maximum atomic E-state index is 5.32. The van der Waals surface area contributed by atoms with Gasteiger partial charge in [0, 0.05) is 0 Å². The molecule has 0 radical (unpaired) electrons. The summed E-state index contributed by atoms with van der Waals surface area (Å²) in [6.45, 7) is 13.5. The maximum absolute atomic E-state index is 5.32. The van der Waals surface area contributed by atoms with Crippen LogP contribution in [0.5, 0.6) is 0 Å². The second kappa shape index (κ2) is 4.20. The van der Waals surface area contributed by atoms with E-state index in [2.05, 4.69) is 33.3 Å². The fourth-order valence-corrected chi connectivity index (χ4v) is 1.38. The molecule has 0 fully saturated rings. The van der Waals surface area contributed by atoms with Gasteiger partial charge in [0.15, 0.2) is 5.70 Å². The normalized spacial score (nSPS) is 10.7. The van der Waals surface area contributed by atoms with Crippen LogP contribution in [0, 0.1) is 12.3 Å². The molecule has 62 valence electrons. The van der Waals surface area contributed by atoms with Gasteiger partial charge in [-0.3, -0.25) is 4.48 Å². The second-order valence-electron chi connectivity index (χ2n) is 2.68. The van der Waals surface area contributed by atoms with Crippen LogP contribution in [0.15, 0.2) is 12.3 Å². The Kier molecular flexibility index (Phi) is 3.92. The van der Waals surface area contributed by atoms with Crippen molar-refractivity contribution >= 4 is 0 Å². The smallest absolute Gasteiger partial charge is 0.176 e. The molecule has 0 unspecified atom stereocenters. The van der Waals surface area contributed by atoms with Crippen molar-refractivity contribution in [2.75, 3.05) is 19.6 Å². The Morgan fingerprint density at radius 1 is 1.27 bits per heavy atom. The van der Waals surface area contributed by atoms with E-state index in [-0.39, 0.29) is 0 Å². The maximum Gasteiger partial charge on any atom is 0.176 e. The van der Waals surface area contributed by atoms with Crippen molar-refractivity contribution in [2.24, 2.45) is 0 Å². The van der Waals surface area contributed by atoms with Crippen LogP contribution in [-0.4, -0.2) is 24.1 Å². The molecule has 0 aliphatic rings. The van der Waals surface area contributed by atoms with Crippen LogP contribution in [0.3, 0.4) is 0 Å². The first-order chi connectivity index (χ1) is 5.16. The van der Waals surface area contributed by atoms with E-state index >= 15 is 0 Å². The predicted molar refractivity (Wildman–Crippen MR) is 49.9 cm³/mol. The first-order valence-corrected chi connectivity index (χ1v) is 4.19. The van der Waals surface area contributed by atoms with Crippen molar-refractivity contribution in [3.8, 4) is 12.3 Å². The van der Waals surface area contributed by atoms with Gasteiger partial charge in [-0.05, 0) is 33.3 Å². The van der Waals surface area contributed by atoms with E-state index in [9.17, 15) is 0 Å². The van der Waals surface area contributed by atoms with Gasteiger partial charge in [0.25, 0.3) is 0 Å². The first-order valence-electron chi connectivity index (χ1n) is 4.19. The van der Waals surface area contributed by atoms with Crippen LogP contribution in [0.1, 0.15) is 20.8 Å². The lowest BCUT2D eigenvalue weighted by atomic mass is 10.3. The van der Waals surface area contributed by atoms with Gasteiger partial charge in [-0.15, -0.1) is 6.42 Å². The average molecular weight is 152 g/mol. The third kappa shape index (κ3) is 1.85. The second-order valence-corrected chi connectivity index (χ2v) is 2.68. The molecule has 0 heterocycles. The highest BCUT2D eigenvalue weighted by molar-refractivity contribution is 5.14. The van der Waals surface area contributed by atoms with Crippen molar-refractivity contribution in [3.63, 3.8) is 0 Å². The molecule has 0 aromatic carbocycles. The molecule has 0 aliphatic heterocycles. The van der Waals surface area contributed by atoms with E-state index in [1.807, 2.05) is 0 Å². The Morgan fingerprint density at radius 2 is 1.64 bits per heavy atom. The predicted octanol–water partition coefficient (Wildman–Crippen LogP) is 2.01. The van der Waals surface area contributed by atoms with Crippen molar-refractivity contribution < 1.29 is 4.48 Å². The van der Waals surface area contributed by atoms with Gasteiger partial charge in [-0.1, -0.05) is 0 Å². The van der Waals surface area contributed by atoms with Crippen molar-refractivity contribution in [2.45, 2.75) is 20.8 Å².